The standard InChI is InChI=1S/C37H29ClF7N7O5S/c1-51-31-22(5-6-25(38)29(31)34(49-51)50-58(2,55)56)21-4-3-20(7-8-35(54)15-57-16-35)46-30(21)26(11-17-9-18(39)12-19(40)10-17)47-27(53)14-52-33-28(32(48-52)37(43,44)45)23-13-24(23)36(33,41)42/h3-6,9-10,12,23-24,26,54H,11,13-16H2,1-2H3,(H,47,53)(H,49,50)/t23-,24?,26-/m0/s1. The third-order valence-electron chi connectivity index (χ3n) is 10.1. The van der Waals surface area contributed by atoms with E-state index in [1.807, 2.05) is 0 Å². The number of rotatable bonds is 9. The molecule has 2 fully saturated rings. The first-order valence-corrected chi connectivity index (χ1v) is 19.7. The van der Waals surface area contributed by atoms with E-state index in [4.69, 9.17) is 16.3 Å². The summed E-state index contributed by atoms with van der Waals surface area (Å²) in [5.41, 5.74) is -3.92. The number of hydrogen-bond donors (Lipinski definition) is 3. The average Bonchev–Trinajstić information content (AvgIpc) is 3.64. The van der Waals surface area contributed by atoms with Crippen LogP contribution in [0.2, 0.25) is 5.02 Å². The maximum atomic E-state index is 15.4. The highest BCUT2D eigenvalue weighted by Gasteiger charge is 2.68. The SMILES string of the molecule is Cn1nc(NS(C)(=O)=O)c2c(Cl)ccc(-c3ccc(C#CC4(O)COC4)nc3[C@H](Cc3cc(F)cc(F)c3)NC(=O)Cn3nc(C(F)(F)F)c4c3C(F)(F)C3C[C@H]43)c21. The molecule has 12 nitrogen and oxygen atoms in total. The molecule has 0 radical (unpaired) electrons. The first-order chi connectivity index (χ1) is 27.1. The fourth-order valence-corrected chi connectivity index (χ4v) is 8.31. The molecule has 4 heterocycles. The highest BCUT2D eigenvalue weighted by atomic mass is 35.5. The Kier molecular flexibility index (Phi) is 9.34. The summed E-state index contributed by atoms with van der Waals surface area (Å²) >= 11 is 6.56. The van der Waals surface area contributed by atoms with Crippen LogP contribution in [0.4, 0.5) is 36.6 Å². The second-order valence-electron chi connectivity index (χ2n) is 14.5. The molecule has 1 amide bonds. The van der Waals surface area contributed by atoms with Crippen molar-refractivity contribution in [2.45, 2.75) is 49.0 Å². The topological polar surface area (TPSA) is 153 Å². The first-order valence-electron chi connectivity index (χ1n) is 17.4. The van der Waals surface area contributed by atoms with Crippen molar-refractivity contribution in [1.82, 2.24) is 29.9 Å². The number of nitrogens with one attached hydrogen (secondary N) is 2. The number of sulfonamides is 1. The van der Waals surface area contributed by atoms with Crippen LogP contribution in [0.5, 0.6) is 0 Å². The number of hydrogen-bond acceptors (Lipinski definition) is 8. The summed E-state index contributed by atoms with van der Waals surface area (Å²) in [6, 6.07) is 7.11. The predicted octanol–water partition coefficient (Wildman–Crippen LogP) is 5.58. The van der Waals surface area contributed by atoms with Crippen LogP contribution < -0.4 is 10.0 Å². The van der Waals surface area contributed by atoms with Gasteiger partial charge in [0.25, 0.3) is 5.92 Å². The van der Waals surface area contributed by atoms with Crippen LogP contribution in [0, 0.1) is 29.4 Å². The Hall–Kier alpha value is -5.23. The summed E-state index contributed by atoms with van der Waals surface area (Å²) < 4.78 is 136. The lowest BCUT2D eigenvalue weighted by atomic mass is 9.93. The second-order valence-corrected chi connectivity index (χ2v) is 16.7. The molecule has 3 atom stereocenters. The first kappa shape index (κ1) is 39.6. The van der Waals surface area contributed by atoms with Crippen molar-refractivity contribution in [1.29, 1.82) is 0 Å². The number of aliphatic hydroxyl groups is 1. The smallest absolute Gasteiger partial charge is 0.373 e. The Morgan fingerprint density at radius 1 is 1.10 bits per heavy atom. The number of nitrogens with zero attached hydrogens (tertiary/aromatic N) is 5. The number of ether oxygens (including phenoxy) is 1. The van der Waals surface area contributed by atoms with Crippen LogP contribution in [0.3, 0.4) is 0 Å². The van der Waals surface area contributed by atoms with Crippen LogP contribution in [-0.2, 0) is 51.7 Å². The fraction of sp³-hybridized carbons (Fsp3) is 0.351. The van der Waals surface area contributed by atoms with Crippen molar-refractivity contribution in [2.75, 3.05) is 24.2 Å². The third-order valence-corrected chi connectivity index (χ3v) is 10.9. The summed E-state index contributed by atoms with van der Waals surface area (Å²) in [7, 11) is -2.36. The highest BCUT2D eigenvalue weighted by Crippen LogP contribution is 2.68. The van der Waals surface area contributed by atoms with Gasteiger partial charge in [-0.1, -0.05) is 23.6 Å². The van der Waals surface area contributed by atoms with Gasteiger partial charge in [-0.25, -0.2) is 22.2 Å². The molecule has 1 aliphatic heterocycles. The number of aromatic nitrogens is 5. The minimum atomic E-state index is -5.09. The Morgan fingerprint density at radius 3 is 2.43 bits per heavy atom. The minimum absolute atomic E-state index is 0.0136. The molecule has 3 aliphatic rings. The number of carbonyl (C=O) groups is 1. The minimum Gasteiger partial charge on any atom is -0.373 e. The summed E-state index contributed by atoms with van der Waals surface area (Å²) in [5.74, 6) is -3.90. The van der Waals surface area contributed by atoms with E-state index in [1.54, 1.807) is 0 Å². The maximum Gasteiger partial charge on any atom is 0.435 e. The van der Waals surface area contributed by atoms with E-state index < -0.39 is 93.1 Å². The van der Waals surface area contributed by atoms with E-state index in [2.05, 4.69) is 37.1 Å². The summed E-state index contributed by atoms with van der Waals surface area (Å²) in [6.07, 6.45) is -4.75. The van der Waals surface area contributed by atoms with Gasteiger partial charge in [0, 0.05) is 35.7 Å². The van der Waals surface area contributed by atoms with E-state index in [9.17, 15) is 40.3 Å². The van der Waals surface area contributed by atoms with Gasteiger partial charge in [-0.05, 0) is 60.6 Å². The quantitative estimate of drug-likeness (QED) is 0.129. The fourth-order valence-electron chi connectivity index (χ4n) is 7.58. The Bertz CT molecular complexity index is 2700. The maximum absolute atomic E-state index is 15.4. The van der Waals surface area contributed by atoms with Crippen molar-refractivity contribution in [3.63, 3.8) is 0 Å². The second kappa shape index (κ2) is 13.7. The highest BCUT2D eigenvalue weighted by molar-refractivity contribution is 7.92. The molecule has 1 saturated carbocycles. The van der Waals surface area contributed by atoms with Gasteiger partial charge < -0.3 is 15.2 Å². The molecule has 2 aromatic carbocycles. The lowest BCUT2D eigenvalue weighted by Crippen LogP contribution is -2.48. The number of halogens is 8. The lowest BCUT2D eigenvalue weighted by Gasteiger charge is -2.30. The number of benzene rings is 2. The molecule has 1 saturated heterocycles. The van der Waals surface area contributed by atoms with Gasteiger partial charge >= 0.3 is 6.18 Å². The van der Waals surface area contributed by atoms with Gasteiger partial charge in [-0.3, -0.25) is 18.9 Å². The monoisotopic (exact) mass is 851 g/mol. The van der Waals surface area contributed by atoms with Gasteiger partial charge in [-0.2, -0.15) is 32.1 Å². The van der Waals surface area contributed by atoms with E-state index in [0.29, 0.717) is 16.3 Å². The zero-order valence-electron chi connectivity index (χ0n) is 30.1. The normalized spacial score (nSPS) is 19.4. The molecule has 21 heteroatoms. The summed E-state index contributed by atoms with van der Waals surface area (Å²) in [5, 5.41) is 21.2. The predicted molar refractivity (Wildman–Crippen MR) is 193 cm³/mol. The number of anilines is 1. The number of pyridine rings is 1. The molecule has 3 N–H and O–H groups in total. The Morgan fingerprint density at radius 2 is 1.79 bits per heavy atom. The molecule has 0 spiro atoms. The van der Waals surface area contributed by atoms with E-state index >= 15 is 8.78 Å². The molecule has 58 heavy (non-hydrogen) atoms. The lowest BCUT2D eigenvalue weighted by molar-refractivity contribution is -0.142. The van der Waals surface area contributed by atoms with Crippen LogP contribution in [-0.4, -0.2) is 69.0 Å². The molecule has 8 rings (SSSR count). The van der Waals surface area contributed by atoms with Gasteiger partial charge in [0.2, 0.25) is 15.9 Å². The van der Waals surface area contributed by atoms with Crippen LogP contribution >= 0.6 is 11.6 Å². The van der Waals surface area contributed by atoms with Crippen LogP contribution in [0.25, 0.3) is 22.0 Å². The van der Waals surface area contributed by atoms with Crippen molar-refractivity contribution < 1.29 is 53.8 Å². The van der Waals surface area contributed by atoms with E-state index in [-0.39, 0.29) is 63.9 Å². The summed E-state index contributed by atoms with van der Waals surface area (Å²) in [4.78, 5) is 18.6. The summed E-state index contributed by atoms with van der Waals surface area (Å²) in [6.45, 7) is -1.28. The largest absolute Gasteiger partial charge is 0.435 e. The average molecular weight is 852 g/mol. The Labute approximate surface area is 329 Å². The van der Waals surface area contributed by atoms with Gasteiger partial charge in [0.05, 0.1) is 47.1 Å². The molecular formula is C37H29ClF7N7O5S. The molecule has 0 bridgehead atoms. The van der Waals surface area contributed by atoms with Gasteiger partial charge in [0.15, 0.2) is 17.1 Å². The van der Waals surface area contributed by atoms with Crippen LogP contribution in [0.15, 0.2) is 42.5 Å². The third kappa shape index (κ3) is 7.24. The number of fused-ring (bicyclic) bond motifs is 4. The van der Waals surface area contributed by atoms with E-state index in [1.165, 1.54) is 36.0 Å². The molecule has 2 aliphatic carbocycles. The van der Waals surface area contributed by atoms with Crippen molar-refractivity contribution >= 4 is 44.3 Å². The number of aryl methyl sites for hydroxylation is 1. The van der Waals surface area contributed by atoms with Crippen molar-refractivity contribution in [2.24, 2.45) is 13.0 Å². The zero-order chi connectivity index (χ0) is 41.7. The zero-order valence-corrected chi connectivity index (χ0v) is 31.6. The number of alkyl halides is 5. The number of amides is 1. The molecule has 1 unspecified atom stereocenters. The van der Waals surface area contributed by atoms with Crippen LogP contribution in [0.1, 0.15) is 52.3 Å². The molecule has 304 valence electrons. The molecule has 3 aromatic heterocycles. The van der Waals surface area contributed by atoms with Crippen molar-refractivity contribution in [3.05, 3.63) is 93.0 Å². The molecule has 5 aromatic rings. The molecular weight excluding hydrogens is 823 g/mol. The van der Waals surface area contributed by atoms with E-state index in [0.717, 1.165) is 18.4 Å². The Balaban J connectivity index is 1.27. The van der Waals surface area contributed by atoms with Gasteiger partial charge in [0.1, 0.15) is 29.6 Å². The number of carbonyl (C=O) groups excluding carboxylic acids is 1. The van der Waals surface area contributed by atoms with Gasteiger partial charge in [-0.15, -0.1) is 0 Å². The van der Waals surface area contributed by atoms with Crippen molar-refractivity contribution in [3.8, 4) is 23.0 Å².